The van der Waals surface area contributed by atoms with E-state index in [0.717, 1.165) is 35.5 Å². The Morgan fingerprint density at radius 1 is 1.44 bits per heavy atom. The van der Waals surface area contributed by atoms with Crippen LogP contribution in [0.15, 0.2) is 28.7 Å². The first-order chi connectivity index (χ1) is 8.83. The zero-order valence-electron chi connectivity index (χ0n) is 9.88. The molecule has 0 amide bonds. The number of aromatic nitrogens is 4. The van der Waals surface area contributed by atoms with E-state index in [9.17, 15) is 0 Å². The van der Waals surface area contributed by atoms with E-state index in [-0.39, 0.29) is 0 Å². The molecule has 1 saturated heterocycles. The third-order valence-electron chi connectivity index (χ3n) is 3.22. The molecule has 1 fully saturated rings. The Labute approximate surface area is 114 Å². The fourth-order valence-corrected chi connectivity index (χ4v) is 2.68. The molecule has 5 nitrogen and oxygen atoms in total. The number of tetrazole rings is 1. The minimum absolute atomic E-state index is 0.641. The highest BCUT2D eigenvalue weighted by atomic mass is 79.9. The lowest BCUT2D eigenvalue weighted by molar-refractivity contribution is 0.551. The van der Waals surface area contributed by atoms with Crippen molar-refractivity contribution in [2.45, 2.75) is 12.8 Å². The lowest BCUT2D eigenvalue weighted by Crippen LogP contribution is -2.13. The van der Waals surface area contributed by atoms with Crippen molar-refractivity contribution in [2.75, 3.05) is 13.1 Å². The fourth-order valence-electron chi connectivity index (χ4n) is 2.29. The molecular weight excluding hydrogens is 294 g/mol. The van der Waals surface area contributed by atoms with E-state index >= 15 is 0 Å². The summed E-state index contributed by atoms with van der Waals surface area (Å²) in [5, 5.41) is 15.4. The highest BCUT2D eigenvalue weighted by Gasteiger charge is 2.19. The fraction of sp³-hybridized carbons (Fsp3) is 0.417. The standard InChI is InChI=1S/C12H14BrN5/c13-10-2-1-3-11(7-10)18-12(15-16-17-18)6-9-4-5-14-8-9/h1-3,7,9,14H,4-6,8H2. The van der Waals surface area contributed by atoms with Gasteiger partial charge in [0.25, 0.3) is 0 Å². The van der Waals surface area contributed by atoms with Crippen LogP contribution in [0.1, 0.15) is 12.2 Å². The van der Waals surface area contributed by atoms with Crippen LogP contribution in [0, 0.1) is 5.92 Å². The number of nitrogens with one attached hydrogen (secondary N) is 1. The van der Waals surface area contributed by atoms with E-state index in [0.29, 0.717) is 5.92 Å². The average molecular weight is 308 g/mol. The van der Waals surface area contributed by atoms with Crippen molar-refractivity contribution in [1.82, 2.24) is 25.5 Å². The van der Waals surface area contributed by atoms with Crippen LogP contribution in [0.3, 0.4) is 0 Å². The summed E-state index contributed by atoms with van der Waals surface area (Å²) in [7, 11) is 0. The van der Waals surface area contributed by atoms with E-state index in [2.05, 4.69) is 36.8 Å². The molecule has 0 aliphatic carbocycles. The number of halogens is 1. The molecule has 94 valence electrons. The predicted molar refractivity (Wildman–Crippen MR) is 71.5 cm³/mol. The van der Waals surface area contributed by atoms with Crippen LogP contribution < -0.4 is 5.32 Å². The molecule has 1 aromatic carbocycles. The minimum Gasteiger partial charge on any atom is -0.316 e. The molecule has 0 bridgehead atoms. The number of hydrogen-bond donors (Lipinski definition) is 1. The van der Waals surface area contributed by atoms with Gasteiger partial charge in [-0.15, -0.1) is 5.10 Å². The summed E-state index contributed by atoms with van der Waals surface area (Å²) in [5.41, 5.74) is 0.996. The van der Waals surface area contributed by atoms with Gasteiger partial charge in [0, 0.05) is 10.9 Å². The second-order valence-corrected chi connectivity index (χ2v) is 5.47. The molecule has 3 rings (SSSR count). The van der Waals surface area contributed by atoms with Crippen LogP contribution in [-0.2, 0) is 6.42 Å². The molecule has 1 atom stereocenters. The topological polar surface area (TPSA) is 55.6 Å². The first-order valence-electron chi connectivity index (χ1n) is 6.07. The third-order valence-corrected chi connectivity index (χ3v) is 3.71. The van der Waals surface area contributed by atoms with Crippen LogP contribution in [0.25, 0.3) is 5.69 Å². The van der Waals surface area contributed by atoms with E-state index in [1.165, 1.54) is 6.42 Å². The molecule has 1 unspecified atom stereocenters. The number of nitrogens with zero attached hydrogens (tertiary/aromatic N) is 4. The average Bonchev–Trinajstić information content (AvgIpc) is 3.01. The van der Waals surface area contributed by atoms with Gasteiger partial charge in [-0.2, -0.15) is 4.68 Å². The van der Waals surface area contributed by atoms with Crippen molar-refractivity contribution in [2.24, 2.45) is 5.92 Å². The molecule has 1 aromatic heterocycles. The maximum atomic E-state index is 4.14. The maximum absolute atomic E-state index is 4.14. The summed E-state index contributed by atoms with van der Waals surface area (Å²) >= 11 is 3.47. The monoisotopic (exact) mass is 307 g/mol. The van der Waals surface area contributed by atoms with Gasteiger partial charge in [-0.3, -0.25) is 0 Å². The molecule has 6 heteroatoms. The van der Waals surface area contributed by atoms with Crippen LogP contribution in [0.5, 0.6) is 0 Å². The number of hydrogen-bond acceptors (Lipinski definition) is 4. The predicted octanol–water partition coefficient (Wildman–Crippen LogP) is 1.58. The van der Waals surface area contributed by atoms with Gasteiger partial charge in [-0.1, -0.05) is 22.0 Å². The smallest absolute Gasteiger partial charge is 0.157 e. The molecule has 1 N–H and O–H groups in total. The molecule has 2 heterocycles. The second kappa shape index (κ2) is 5.16. The van der Waals surface area contributed by atoms with Gasteiger partial charge in [0.2, 0.25) is 0 Å². The Hall–Kier alpha value is -1.27. The Balaban J connectivity index is 1.86. The van der Waals surface area contributed by atoms with Gasteiger partial charge in [0.05, 0.1) is 5.69 Å². The van der Waals surface area contributed by atoms with E-state index in [1.54, 1.807) is 0 Å². The second-order valence-electron chi connectivity index (χ2n) is 4.55. The molecule has 0 spiro atoms. The molecule has 0 saturated carbocycles. The Morgan fingerprint density at radius 2 is 2.39 bits per heavy atom. The Morgan fingerprint density at radius 3 is 3.17 bits per heavy atom. The zero-order chi connectivity index (χ0) is 12.4. The van der Waals surface area contributed by atoms with Crippen LogP contribution >= 0.6 is 15.9 Å². The maximum Gasteiger partial charge on any atom is 0.157 e. The van der Waals surface area contributed by atoms with E-state index in [4.69, 9.17) is 0 Å². The van der Waals surface area contributed by atoms with Gasteiger partial charge in [-0.25, -0.2) is 0 Å². The highest BCUT2D eigenvalue weighted by molar-refractivity contribution is 9.10. The summed E-state index contributed by atoms with van der Waals surface area (Å²) < 4.78 is 2.85. The normalized spacial score (nSPS) is 19.3. The van der Waals surface area contributed by atoms with Crippen molar-refractivity contribution in [3.8, 4) is 5.69 Å². The quantitative estimate of drug-likeness (QED) is 0.935. The zero-order valence-corrected chi connectivity index (χ0v) is 11.5. The van der Waals surface area contributed by atoms with Crippen LogP contribution in [-0.4, -0.2) is 33.3 Å². The summed E-state index contributed by atoms with van der Waals surface area (Å²) in [4.78, 5) is 0. The summed E-state index contributed by atoms with van der Waals surface area (Å²) in [6.45, 7) is 2.16. The van der Waals surface area contributed by atoms with Gasteiger partial charge >= 0.3 is 0 Å². The number of benzene rings is 1. The van der Waals surface area contributed by atoms with Crippen molar-refractivity contribution >= 4 is 15.9 Å². The van der Waals surface area contributed by atoms with E-state index < -0.39 is 0 Å². The van der Waals surface area contributed by atoms with Crippen LogP contribution in [0.2, 0.25) is 0 Å². The lowest BCUT2D eigenvalue weighted by Gasteiger charge is -2.08. The summed E-state index contributed by atoms with van der Waals surface area (Å²) in [6, 6.07) is 8.01. The van der Waals surface area contributed by atoms with Crippen LogP contribution in [0.4, 0.5) is 0 Å². The first-order valence-corrected chi connectivity index (χ1v) is 6.86. The Bertz CT molecular complexity index is 533. The van der Waals surface area contributed by atoms with Gasteiger partial charge < -0.3 is 5.32 Å². The Kier molecular flexibility index (Phi) is 3.38. The van der Waals surface area contributed by atoms with E-state index in [1.807, 2.05) is 28.9 Å². The SMILES string of the molecule is Brc1cccc(-n2nnnc2CC2CCNC2)c1. The highest BCUT2D eigenvalue weighted by Crippen LogP contribution is 2.18. The summed E-state index contributed by atoms with van der Waals surface area (Å²) in [6.07, 6.45) is 2.12. The molecule has 2 aromatic rings. The molecule has 0 radical (unpaired) electrons. The molecule has 1 aliphatic rings. The van der Waals surface area contributed by atoms with Crippen molar-refractivity contribution in [3.63, 3.8) is 0 Å². The molecular formula is C12H14BrN5. The van der Waals surface area contributed by atoms with Crippen molar-refractivity contribution in [3.05, 3.63) is 34.6 Å². The van der Waals surface area contributed by atoms with Gasteiger partial charge in [0.15, 0.2) is 5.82 Å². The van der Waals surface area contributed by atoms with Crippen molar-refractivity contribution in [1.29, 1.82) is 0 Å². The van der Waals surface area contributed by atoms with Crippen molar-refractivity contribution < 1.29 is 0 Å². The third kappa shape index (κ3) is 2.44. The number of rotatable bonds is 3. The lowest BCUT2D eigenvalue weighted by atomic mass is 10.0. The largest absolute Gasteiger partial charge is 0.316 e. The van der Waals surface area contributed by atoms with Gasteiger partial charge in [0.1, 0.15) is 0 Å². The van der Waals surface area contributed by atoms with Gasteiger partial charge in [-0.05, 0) is 54.1 Å². The first kappa shape index (κ1) is 11.8. The molecule has 1 aliphatic heterocycles. The molecule has 18 heavy (non-hydrogen) atoms. The minimum atomic E-state index is 0.641. The summed E-state index contributed by atoms with van der Waals surface area (Å²) in [5.74, 6) is 1.57.